The largest absolute Gasteiger partial charge is 0.486 e. The molecule has 0 bridgehead atoms. The van der Waals surface area contributed by atoms with Crippen LogP contribution in [-0.2, 0) is 0 Å². The van der Waals surface area contributed by atoms with Gasteiger partial charge in [-0.05, 0) is 20.0 Å². The lowest BCUT2D eigenvalue weighted by Crippen LogP contribution is -2.24. The summed E-state index contributed by atoms with van der Waals surface area (Å²) in [5.41, 5.74) is 0.932. The Labute approximate surface area is 112 Å². The molecular weight excluding hydrogens is 252 g/mol. The Morgan fingerprint density at radius 1 is 1.28 bits per heavy atom. The van der Waals surface area contributed by atoms with Crippen LogP contribution < -0.4 is 14.8 Å². The minimum atomic E-state index is 0.454. The maximum Gasteiger partial charge on any atom is 0.163 e. The number of nitrogens with zero attached hydrogens (tertiary/aromatic N) is 1. The summed E-state index contributed by atoms with van der Waals surface area (Å²) in [4.78, 5) is 2.31. The Kier molecular flexibility index (Phi) is 3.22. The maximum atomic E-state index is 6.26. The van der Waals surface area contributed by atoms with E-state index in [9.17, 15) is 0 Å². The molecule has 1 unspecified atom stereocenters. The first kappa shape index (κ1) is 11.9. The van der Waals surface area contributed by atoms with Crippen LogP contribution in [0.5, 0.6) is 11.5 Å². The van der Waals surface area contributed by atoms with Gasteiger partial charge in [-0.2, -0.15) is 0 Å². The molecule has 1 aromatic carbocycles. The van der Waals surface area contributed by atoms with Crippen molar-refractivity contribution in [3.8, 4) is 11.5 Å². The van der Waals surface area contributed by atoms with E-state index in [0.29, 0.717) is 24.3 Å². The topological polar surface area (TPSA) is 33.7 Å². The van der Waals surface area contributed by atoms with E-state index in [-0.39, 0.29) is 0 Å². The molecule has 1 N–H and O–H groups in total. The summed E-state index contributed by atoms with van der Waals surface area (Å²) in [6, 6.07) is 4.22. The molecular formula is C13H17ClN2O2. The molecule has 2 heterocycles. The van der Waals surface area contributed by atoms with Gasteiger partial charge in [-0.3, -0.25) is 0 Å². The number of ether oxygens (including phenoxy) is 2. The standard InChI is InChI=1S/C13H17ClN2O2/c1-16-3-2-9(8-16)15-11-7-13-12(6-10(11)14)17-4-5-18-13/h6-7,9,15H,2-5,8H2,1H3. The fourth-order valence-corrected chi connectivity index (χ4v) is 2.66. The fourth-order valence-electron chi connectivity index (χ4n) is 2.45. The number of nitrogens with one attached hydrogen (secondary N) is 1. The number of hydrogen-bond acceptors (Lipinski definition) is 4. The highest BCUT2D eigenvalue weighted by atomic mass is 35.5. The molecule has 0 aliphatic carbocycles. The molecule has 1 fully saturated rings. The molecule has 4 nitrogen and oxygen atoms in total. The van der Waals surface area contributed by atoms with Gasteiger partial charge in [0.25, 0.3) is 0 Å². The van der Waals surface area contributed by atoms with Crippen LogP contribution in [0.2, 0.25) is 5.02 Å². The minimum absolute atomic E-state index is 0.454. The van der Waals surface area contributed by atoms with E-state index >= 15 is 0 Å². The van der Waals surface area contributed by atoms with E-state index in [4.69, 9.17) is 21.1 Å². The highest BCUT2D eigenvalue weighted by Gasteiger charge is 2.21. The number of rotatable bonds is 2. The molecule has 3 rings (SSSR count). The molecule has 98 valence electrons. The second-order valence-electron chi connectivity index (χ2n) is 4.87. The molecule has 0 saturated carbocycles. The summed E-state index contributed by atoms with van der Waals surface area (Å²) >= 11 is 6.26. The molecule has 1 atom stereocenters. The Bertz CT molecular complexity index is 453. The third-order valence-electron chi connectivity index (χ3n) is 3.38. The summed E-state index contributed by atoms with van der Waals surface area (Å²) in [6.45, 7) is 3.36. The molecule has 2 aliphatic rings. The lowest BCUT2D eigenvalue weighted by molar-refractivity contribution is 0.171. The van der Waals surface area contributed by atoms with E-state index in [1.165, 1.54) is 0 Å². The summed E-state index contributed by atoms with van der Waals surface area (Å²) in [7, 11) is 2.13. The first-order valence-corrected chi connectivity index (χ1v) is 6.64. The highest BCUT2D eigenvalue weighted by Crippen LogP contribution is 2.38. The van der Waals surface area contributed by atoms with Gasteiger partial charge in [0.15, 0.2) is 11.5 Å². The number of likely N-dealkylation sites (tertiary alicyclic amines) is 1. The van der Waals surface area contributed by atoms with Crippen LogP contribution >= 0.6 is 11.6 Å². The van der Waals surface area contributed by atoms with Gasteiger partial charge in [-0.15, -0.1) is 0 Å². The second-order valence-corrected chi connectivity index (χ2v) is 5.28. The third-order valence-corrected chi connectivity index (χ3v) is 3.70. The molecule has 0 amide bonds. The lowest BCUT2D eigenvalue weighted by Gasteiger charge is -2.21. The predicted octanol–water partition coefficient (Wildman–Crippen LogP) is 2.23. The van der Waals surface area contributed by atoms with Gasteiger partial charge in [0.1, 0.15) is 13.2 Å². The van der Waals surface area contributed by atoms with Gasteiger partial charge < -0.3 is 19.7 Å². The van der Waals surface area contributed by atoms with Gasteiger partial charge in [0, 0.05) is 24.7 Å². The molecule has 1 saturated heterocycles. The molecule has 0 aromatic heterocycles. The first-order valence-electron chi connectivity index (χ1n) is 6.26. The predicted molar refractivity (Wildman–Crippen MR) is 72.0 cm³/mol. The van der Waals surface area contributed by atoms with Crippen molar-refractivity contribution in [1.29, 1.82) is 0 Å². The van der Waals surface area contributed by atoms with Crippen LogP contribution in [0.1, 0.15) is 6.42 Å². The fraction of sp³-hybridized carbons (Fsp3) is 0.538. The van der Waals surface area contributed by atoms with Crippen molar-refractivity contribution >= 4 is 17.3 Å². The van der Waals surface area contributed by atoms with Gasteiger partial charge in [-0.25, -0.2) is 0 Å². The van der Waals surface area contributed by atoms with Gasteiger partial charge in [0.05, 0.1) is 10.7 Å². The van der Waals surface area contributed by atoms with Gasteiger partial charge in [-0.1, -0.05) is 11.6 Å². The van der Waals surface area contributed by atoms with Crippen LogP contribution in [0.15, 0.2) is 12.1 Å². The van der Waals surface area contributed by atoms with E-state index in [2.05, 4.69) is 17.3 Å². The van der Waals surface area contributed by atoms with Crippen molar-refractivity contribution in [3.63, 3.8) is 0 Å². The van der Waals surface area contributed by atoms with E-state index < -0.39 is 0 Å². The molecule has 5 heteroatoms. The molecule has 2 aliphatic heterocycles. The zero-order valence-corrected chi connectivity index (χ0v) is 11.2. The Morgan fingerprint density at radius 3 is 2.67 bits per heavy atom. The van der Waals surface area contributed by atoms with Gasteiger partial charge >= 0.3 is 0 Å². The highest BCUT2D eigenvalue weighted by molar-refractivity contribution is 6.33. The molecule has 0 radical (unpaired) electrons. The van der Waals surface area contributed by atoms with E-state index in [0.717, 1.165) is 36.7 Å². The van der Waals surface area contributed by atoms with Crippen molar-refractivity contribution in [1.82, 2.24) is 4.90 Å². The Hall–Kier alpha value is -1.13. The molecule has 1 aromatic rings. The number of anilines is 1. The summed E-state index contributed by atoms with van der Waals surface area (Å²) in [5, 5.41) is 4.17. The van der Waals surface area contributed by atoms with E-state index in [1.807, 2.05) is 12.1 Å². The van der Waals surface area contributed by atoms with Crippen LogP contribution in [0.25, 0.3) is 0 Å². The summed E-state index contributed by atoms with van der Waals surface area (Å²) < 4.78 is 11.1. The normalized spacial score (nSPS) is 23.1. The van der Waals surface area contributed by atoms with Crippen LogP contribution in [0.4, 0.5) is 5.69 Å². The number of fused-ring (bicyclic) bond motifs is 1. The zero-order valence-electron chi connectivity index (χ0n) is 10.4. The molecule has 18 heavy (non-hydrogen) atoms. The van der Waals surface area contributed by atoms with Crippen molar-refractivity contribution in [2.24, 2.45) is 0 Å². The Morgan fingerprint density at radius 2 is 2.00 bits per heavy atom. The number of hydrogen-bond donors (Lipinski definition) is 1. The average Bonchev–Trinajstić information content (AvgIpc) is 2.76. The SMILES string of the molecule is CN1CCC(Nc2cc3c(cc2Cl)OCCO3)C1. The van der Waals surface area contributed by atoms with Crippen molar-refractivity contribution < 1.29 is 9.47 Å². The summed E-state index contributed by atoms with van der Waals surface area (Å²) in [6.07, 6.45) is 1.14. The number of halogens is 1. The number of likely N-dealkylation sites (N-methyl/N-ethyl adjacent to an activating group) is 1. The summed E-state index contributed by atoms with van der Waals surface area (Å²) in [5.74, 6) is 1.51. The molecule has 0 spiro atoms. The third kappa shape index (κ3) is 2.35. The van der Waals surface area contributed by atoms with Crippen molar-refractivity contribution in [3.05, 3.63) is 17.2 Å². The minimum Gasteiger partial charge on any atom is -0.486 e. The second kappa shape index (κ2) is 4.86. The number of benzene rings is 1. The van der Waals surface area contributed by atoms with Gasteiger partial charge in [0.2, 0.25) is 0 Å². The lowest BCUT2D eigenvalue weighted by atomic mass is 10.2. The Balaban J connectivity index is 1.79. The maximum absolute atomic E-state index is 6.26. The monoisotopic (exact) mass is 268 g/mol. The van der Waals surface area contributed by atoms with Crippen molar-refractivity contribution in [2.75, 3.05) is 38.7 Å². The smallest absolute Gasteiger partial charge is 0.163 e. The van der Waals surface area contributed by atoms with Crippen molar-refractivity contribution in [2.45, 2.75) is 12.5 Å². The van der Waals surface area contributed by atoms with Crippen LogP contribution in [-0.4, -0.2) is 44.3 Å². The zero-order chi connectivity index (χ0) is 12.5. The van der Waals surface area contributed by atoms with Crippen LogP contribution in [0, 0.1) is 0 Å². The first-order chi connectivity index (χ1) is 8.72. The quantitative estimate of drug-likeness (QED) is 0.892. The van der Waals surface area contributed by atoms with Crippen LogP contribution in [0.3, 0.4) is 0 Å². The van der Waals surface area contributed by atoms with E-state index in [1.54, 1.807) is 0 Å². The average molecular weight is 269 g/mol.